The van der Waals surface area contributed by atoms with Crippen molar-refractivity contribution in [1.29, 1.82) is 0 Å². The number of phenolic OH excluding ortho intramolecular Hbond substituents is 1. The van der Waals surface area contributed by atoms with Crippen molar-refractivity contribution in [3.63, 3.8) is 0 Å². The number of carbonyl (C=O) groups is 16. The average Bonchev–Trinajstić information content (AvgIpc) is 1.43. The number of hydrogen-bond acceptors (Lipinski definition) is 26. The number of aliphatic hydroxyl groups excluding tert-OH is 2. The Kier molecular flexibility index (Phi) is 50.6. The molecule has 0 radical (unpaired) electrons. The summed E-state index contributed by atoms with van der Waals surface area (Å²) in [5, 5.41) is 80.4. The molecular formula is C89H150N20O20. The number of aromatic amines is 1. The highest BCUT2D eigenvalue weighted by Gasteiger charge is 2.44. The summed E-state index contributed by atoms with van der Waals surface area (Å²) >= 11 is 0. The Labute approximate surface area is 757 Å². The Hall–Kier alpha value is -10.2. The summed E-state index contributed by atoms with van der Waals surface area (Å²) in [6.07, 6.45) is 8.73. The number of aromatic nitrogens is 2. The zero-order chi connectivity index (χ0) is 97.0. The number of hydrazine groups is 1. The molecule has 0 bridgehead atoms. The van der Waals surface area contributed by atoms with E-state index in [0.29, 0.717) is 75.3 Å². The van der Waals surface area contributed by atoms with Gasteiger partial charge < -0.3 is 116 Å². The SMILES string of the molecule is CC[C@H](C)[C@@H]1NC(=O)[C@H](C(C)C)NC(=O)[C@H](C(C)C)NCC(C)(NC(C)C(=O)C(=O)C(C)NN)CCCCCCC=CCCCC(C)(C(=O)N[C@H](C(=O)N[C@@H](CCC(=O)O)C(=O)NC(Cc2ccc(O)cc2)C(=O)N[C@H](C(=O)NC(Cc2cnc[nH]2)C(=O)N[C@H](C=O)CO)C(C)C)[C@@H](C)O)NC(=O)[C@H](CCCCN)NC(=O)[C@H](CCCCN)NC(=O)[C@H](CC(C)C)NC1=O. The quantitative estimate of drug-likeness (QED) is 0.0101. The molecule has 3 rings (SSSR count). The van der Waals surface area contributed by atoms with Gasteiger partial charge in [-0.05, 0) is 185 Å². The first-order chi connectivity index (χ1) is 60.8. The van der Waals surface area contributed by atoms with E-state index in [1.807, 2.05) is 53.7 Å². The number of carboxylic acid groups (broad SMARTS) is 1. The molecule has 1 aliphatic rings. The van der Waals surface area contributed by atoms with E-state index in [2.05, 4.69) is 89.8 Å². The van der Waals surface area contributed by atoms with E-state index in [1.165, 1.54) is 50.6 Å². The summed E-state index contributed by atoms with van der Waals surface area (Å²) in [6, 6.07) is -13.8. The normalized spacial score (nSPS) is 22.7. The van der Waals surface area contributed by atoms with Crippen molar-refractivity contribution >= 4 is 94.7 Å². The Bertz CT molecular complexity index is 3960. The van der Waals surface area contributed by atoms with Gasteiger partial charge in [-0.15, -0.1) is 0 Å². The molecule has 12 amide bonds. The van der Waals surface area contributed by atoms with E-state index in [1.54, 1.807) is 41.5 Å². The van der Waals surface area contributed by atoms with E-state index in [9.17, 15) is 82.8 Å². The zero-order valence-corrected chi connectivity index (χ0v) is 77.9. The van der Waals surface area contributed by atoms with Gasteiger partial charge >= 0.3 is 5.97 Å². The molecule has 0 saturated carbocycles. The largest absolute Gasteiger partial charge is 0.508 e. The van der Waals surface area contributed by atoms with Crippen LogP contribution in [0.2, 0.25) is 0 Å². The summed E-state index contributed by atoms with van der Waals surface area (Å²) in [4.78, 5) is 235. The molecule has 40 nitrogen and oxygen atoms in total. The first kappa shape index (κ1) is 113. The van der Waals surface area contributed by atoms with E-state index in [-0.39, 0.29) is 95.0 Å². The van der Waals surface area contributed by atoms with Crippen LogP contribution in [0.15, 0.2) is 48.9 Å². The minimum atomic E-state index is -2.04. The fraction of sp³-hybridized carbons (Fsp3) is 0.697. The Morgan fingerprint density at radius 3 is 1.64 bits per heavy atom. The molecule has 0 saturated heterocycles. The predicted octanol–water partition coefficient (Wildman–Crippen LogP) is -0.371. The second-order valence-electron chi connectivity index (χ2n) is 35.9. The number of unbranched alkanes of at least 4 members (excludes halogenated alkanes) is 2. The molecule has 1 aliphatic heterocycles. The van der Waals surface area contributed by atoms with Gasteiger partial charge in [-0.25, -0.2) is 10.4 Å². The standard InChI is InChI=1S/C89H150N20O20/c1-16-54(10)72-85(127)101-65(42-50(2)3)79(121)97-62(30-24-28-40-90)76(118)98-63(31-25-29-41-91)81(123)108-89(15,39-27-23-21-19-17-18-20-22-26-38-88(14,107-55(11)74(116)75(117)56(12)109-92)48-94-69(51(4)5)82(124)104-71(53(8)9)84(126)105-72)87(129)106-73(57(13)112)86(128)99-64(36-37-68(114)115)77(119)100-66(43-58-32-34-61(113)35-33-58)80(122)103-70(52(6)7)83(125)102-67(44-59-45-93-49-95-59)78(120)96-60(46-110)47-111/h19,21,32-35,45-46,49-57,60,62-67,69-73,94,107,109,111-113H,16-18,20,22-31,36-44,47-48,90-92H2,1-15H3,(H,93,95)(H,96,120)(H,97,121)(H,98,118)(H,99,128)(H,100,119)(H,101,127)(H,102,125)(H,103,122)(H,104,124)(H,105,126)(H,106,129)(H,108,123)(H,114,115)/t54-,55?,56?,57+,60+,62-,63-,64-,65-,66?,67?,69-,70-,71-,72-,73-,88?,89?/m0/s1. The van der Waals surface area contributed by atoms with Gasteiger partial charge in [-0.3, -0.25) is 77.8 Å². The van der Waals surface area contributed by atoms with Crippen molar-refractivity contribution in [3.05, 3.63) is 60.2 Å². The van der Waals surface area contributed by atoms with Gasteiger partial charge in [0.2, 0.25) is 82.5 Å². The lowest BCUT2D eigenvalue weighted by atomic mass is 9.90. The molecule has 726 valence electrons. The average molecular weight is 1820 g/mol. The number of imidazole rings is 1. The molecule has 6 unspecified atom stereocenters. The molecule has 129 heavy (non-hydrogen) atoms. The minimum Gasteiger partial charge on any atom is -0.508 e. The smallest absolute Gasteiger partial charge is 0.303 e. The molecule has 0 spiro atoms. The van der Waals surface area contributed by atoms with Crippen LogP contribution in [0.4, 0.5) is 0 Å². The molecule has 1 aromatic carbocycles. The molecule has 26 N–H and O–H groups in total. The van der Waals surface area contributed by atoms with Crippen LogP contribution in [0.25, 0.3) is 0 Å². The number of aliphatic hydroxyl groups is 2. The van der Waals surface area contributed by atoms with Gasteiger partial charge in [-0.2, -0.15) is 0 Å². The Morgan fingerprint density at radius 1 is 0.581 bits per heavy atom. The number of aliphatic carboxylic acids is 1. The van der Waals surface area contributed by atoms with Crippen LogP contribution in [-0.2, 0) is 89.6 Å². The lowest BCUT2D eigenvalue weighted by molar-refractivity contribution is -0.140. The first-order valence-corrected chi connectivity index (χ1v) is 45.3. The molecule has 40 heteroatoms. The maximum Gasteiger partial charge on any atom is 0.303 e. The highest BCUT2D eigenvalue weighted by molar-refractivity contribution is 6.40. The number of allylic oxidation sites excluding steroid dienone is 2. The summed E-state index contributed by atoms with van der Waals surface area (Å²) in [7, 11) is 0. The number of rotatable bonds is 43. The van der Waals surface area contributed by atoms with Gasteiger partial charge in [0.15, 0.2) is 0 Å². The van der Waals surface area contributed by atoms with Crippen molar-refractivity contribution in [2.45, 2.75) is 340 Å². The van der Waals surface area contributed by atoms with Crippen molar-refractivity contribution in [2.24, 2.45) is 46.9 Å². The third-order valence-corrected chi connectivity index (χ3v) is 22.9. The monoisotopic (exact) mass is 1820 g/mol. The highest BCUT2D eigenvalue weighted by Crippen LogP contribution is 2.24. The Morgan fingerprint density at radius 2 is 1.10 bits per heavy atom. The zero-order valence-electron chi connectivity index (χ0n) is 77.9. The number of carbonyl (C=O) groups excluding carboxylic acids is 15. The van der Waals surface area contributed by atoms with Crippen molar-refractivity contribution in [1.82, 2.24) is 89.8 Å². The van der Waals surface area contributed by atoms with Crippen LogP contribution in [0.1, 0.15) is 237 Å². The van der Waals surface area contributed by atoms with Crippen molar-refractivity contribution in [2.75, 3.05) is 26.2 Å². The number of carboxylic acids is 1. The number of aromatic hydroxyl groups is 1. The fourth-order valence-corrected chi connectivity index (χ4v) is 14.7. The van der Waals surface area contributed by atoms with Gasteiger partial charge in [0.1, 0.15) is 84.0 Å². The van der Waals surface area contributed by atoms with Crippen LogP contribution in [0.5, 0.6) is 5.75 Å². The molecule has 1 aromatic heterocycles. The molecule has 2 heterocycles. The fourth-order valence-electron chi connectivity index (χ4n) is 14.7. The topological polar surface area (TPSA) is 641 Å². The number of phenols is 1. The van der Waals surface area contributed by atoms with E-state index >= 15 is 14.4 Å². The second-order valence-corrected chi connectivity index (χ2v) is 35.9. The first-order valence-electron chi connectivity index (χ1n) is 45.3. The van der Waals surface area contributed by atoms with Crippen molar-refractivity contribution < 1.29 is 97.1 Å². The van der Waals surface area contributed by atoms with Gasteiger partial charge in [0.25, 0.3) is 0 Å². The van der Waals surface area contributed by atoms with E-state index in [0.717, 1.165) is 13.3 Å². The number of amides is 12. The summed E-state index contributed by atoms with van der Waals surface area (Å²) in [5.41, 5.74) is 12.0. The lowest BCUT2D eigenvalue weighted by Crippen LogP contribution is -2.65. The molecular weight excluding hydrogens is 1670 g/mol. The number of nitrogens with one attached hydrogen (secondary N) is 16. The molecule has 0 aliphatic carbocycles. The van der Waals surface area contributed by atoms with E-state index < -0.39 is 227 Å². The van der Waals surface area contributed by atoms with Crippen LogP contribution < -0.4 is 97.2 Å². The summed E-state index contributed by atoms with van der Waals surface area (Å²) in [6.45, 7) is 24.5. The van der Waals surface area contributed by atoms with Crippen LogP contribution in [0.3, 0.4) is 0 Å². The number of nitrogens with two attached hydrogens (primary N) is 3. The van der Waals surface area contributed by atoms with Gasteiger partial charge in [-0.1, -0.05) is 119 Å². The van der Waals surface area contributed by atoms with Gasteiger partial charge in [0.05, 0.1) is 37.2 Å². The van der Waals surface area contributed by atoms with Crippen LogP contribution in [-0.4, -0.2) is 253 Å². The second kappa shape index (κ2) is 57.7. The number of nitrogens with zero attached hydrogens (tertiary/aromatic N) is 1. The maximum absolute atomic E-state index is 15.4. The number of H-pyrrole nitrogens is 1. The lowest BCUT2D eigenvalue weighted by Gasteiger charge is -2.36. The molecule has 18 atom stereocenters. The maximum atomic E-state index is 15.4. The minimum absolute atomic E-state index is 0.0241. The number of ketones is 2. The number of aldehydes is 1. The number of Topliss-reactive ketones (excluding diaryl/α,β-unsaturated/α-hetero) is 2. The predicted molar refractivity (Wildman–Crippen MR) is 483 cm³/mol. The van der Waals surface area contributed by atoms with Crippen LogP contribution in [0, 0.1) is 29.6 Å². The molecule has 0 fully saturated rings. The molecule has 2 aromatic rings. The summed E-state index contributed by atoms with van der Waals surface area (Å²) < 4.78 is 0. The highest BCUT2D eigenvalue weighted by atomic mass is 16.4. The third-order valence-electron chi connectivity index (χ3n) is 22.9. The third kappa shape index (κ3) is 39.6. The van der Waals surface area contributed by atoms with E-state index in [4.69, 9.17) is 17.3 Å². The number of hydrogen-bond donors (Lipinski definition) is 23. The Balaban J connectivity index is 2.24. The van der Waals surface area contributed by atoms with Crippen LogP contribution >= 0.6 is 0 Å². The number of benzene rings is 1. The van der Waals surface area contributed by atoms with Crippen molar-refractivity contribution in [3.8, 4) is 5.75 Å². The van der Waals surface area contributed by atoms with Gasteiger partial charge in [0, 0.05) is 43.2 Å². The summed E-state index contributed by atoms with van der Waals surface area (Å²) in [5.74, 6) is -10.7.